The molecule has 2 aromatic heterocycles. The highest BCUT2D eigenvalue weighted by atomic mass is 16.3. The molecule has 2 heterocycles. The van der Waals surface area contributed by atoms with Crippen molar-refractivity contribution >= 4 is 0 Å². The largest absolute Gasteiger partial charge is 0.392 e. The summed E-state index contributed by atoms with van der Waals surface area (Å²) in [6.07, 6.45) is 5.34. The van der Waals surface area contributed by atoms with Gasteiger partial charge in [0, 0.05) is 25.0 Å². The number of rotatable bonds is 2. The minimum atomic E-state index is 0.0281. The van der Waals surface area contributed by atoms with Crippen LogP contribution in [0.1, 0.15) is 19.4 Å². The second-order valence-electron chi connectivity index (χ2n) is 3.11. The van der Waals surface area contributed by atoms with Gasteiger partial charge in [0.1, 0.15) is 0 Å². The number of aromatic nitrogens is 3. The molecule has 0 atom stereocenters. The van der Waals surface area contributed by atoms with E-state index in [0.717, 1.165) is 16.8 Å². The standard InChI is InChI=1S/C10H11N3O.C2H6/c1-13-6-9(5-12-13)10-3-2-8(7-14)4-11-10;1-2/h2-6,14H,7H2,1H3;1-2H3. The summed E-state index contributed by atoms with van der Waals surface area (Å²) < 4.78 is 1.73. The third-order valence-electron chi connectivity index (χ3n) is 2.01. The van der Waals surface area contributed by atoms with Gasteiger partial charge in [0.25, 0.3) is 0 Å². The summed E-state index contributed by atoms with van der Waals surface area (Å²) in [5.41, 5.74) is 2.67. The number of aryl methyl sites for hydroxylation is 1. The minimum Gasteiger partial charge on any atom is -0.392 e. The van der Waals surface area contributed by atoms with E-state index in [-0.39, 0.29) is 6.61 Å². The molecule has 1 N–H and O–H groups in total. The molecule has 16 heavy (non-hydrogen) atoms. The van der Waals surface area contributed by atoms with E-state index in [0.29, 0.717) is 0 Å². The van der Waals surface area contributed by atoms with Gasteiger partial charge in [-0.05, 0) is 11.6 Å². The van der Waals surface area contributed by atoms with Crippen molar-refractivity contribution in [3.8, 4) is 11.3 Å². The fraction of sp³-hybridized carbons (Fsp3) is 0.333. The first kappa shape index (κ1) is 12.4. The fourth-order valence-electron chi connectivity index (χ4n) is 1.24. The molecule has 0 fully saturated rings. The Balaban J connectivity index is 0.000000606. The van der Waals surface area contributed by atoms with Crippen molar-refractivity contribution in [1.29, 1.82) is 0 Å². The molecule has 4 nitrogen and oxygen atoms in total. The zero-order chi connectivity index (χ0) is 12.0. The Morgan fingerprint density at radius 2 is 2.00 bits per heavy atom. The lowest BCUT2D eigenvalue weighted by atomic mass is 10.2. The summed E-state index contributed by atoms with van der Waals surface area (Å²) in [6, 6.07) is 3.73. The maximum absolute atomic E-state index is 8.85. The Morgan fingerprint density at radius 3 is 2.44 bits per heavy atom. The van der Waals surface area contributed by atoms with Gasteiger partial charge in [-0.15, -0.1) is 0 Å². The molecule has 0 saturated carbocycles. The normalized spacial score (nSPS) is 9.50. The van der Waals surface area contributed by atoms with Crippen LogP contribution >= 0.6 is 0 Å². The van der Waals surface area contributed by atoms with Crippen LogP contribution in [0, 0.1) is 0 Å². The summed E-state index contributed by atoms with van der Waals surface area (Å²) in [6.45, 7) is 4.03. The molecule has 0 aliphatic rings. The minimum absolute atomic E-state index is 0.0281. The monoisotopic (exact) mass is 219 g/mol. The van der Waals surface area contributed by atoms with E-state index in [1.165, 1.54) is 0 Å². The first-order valence-corrected chi connectivity index (χ1v) is 5.34. The zero-order valence-corrected chi connectivity index (χ0v) is 9.88. The van der Waals surface area contributed by atoms with Crippen LogP contribution in [-0.4, -0.2) is 19.9 Å². The molecule has 0 saturated heterocycles. The average molecular weight is 219 g/mol. The van der Waals surface area contributed by atoms with E-state index < -0.39 is 0 Å². The van der Waals surface area contributed by atoms with Crippen molar-refractivity contribution in [1.82, 2.24) is 14.8 Å². The molecule has 86 valence electrons. The Labute approximate surface area is 95.6 Å². The van der Waals surface area contributed by atoms with Crippen molar-refractivity contribution in [2.24, 2.45) is 7.05 Å². The zero-order valence-electron chi connectivity index (χ0n) is 9.88. The van der Waals surface area contributed by atoms with E-state index in [4.69, 9.17) is 5.11 Å². The lowest BCUT2D eigenvalue weighted by Gasteiger charge is -1.97. The van der Waals surface area contributed by atoms with E-state index in [1.54, 1.807) is 17.1 Å². The van der Waals surface area contributed by atoms with Gasteiger partial charge in [-0.2, -0.15) is 5.10 Å². The van der Waals surface area contributed by atoms with Crippen LogP contribution in [0.3, 0.4) is 0 Å². The molecule has 0 unspecified atom stereocenters. The van der Waals surface area contributed by atoms with E-state index >= 15 is 0 Å². The summed E-state index contributed by atoms with van der Waals surface area (Å²) in [7, 11) is 1.87. The number of hydrogen-bond donors (Lipinski definition) is 1. The molecular formula is C12H17N3O. The van der Waals surface area contributed by atoms with Crippen LogP contribution < -0.4 is 0 Å². The van der Waals surface area contributed by atoms with Gasteiger partial charge in [-0.25, -0.2) is 0 Å². The number of hydrogen-bond acceptors (Lipinski definition) is 3. The molecule has 0 aliphatic carbocycles. The molecule has 0 bridgehead atoms. The maximum atomic E-state index is 8.85. The number of aliphatic hydroxyl groups excluding tert-OH is 1. The van der Waals surface area contributed by atoms with Crippen molar-refractivity contribution in [3.63, 3.8) is 0 Å². The molecule has 4 heteroatoms. The van der Waals surface area contributed by atoms with Crippen LogP contribution in [0.2, 0.25) is 0 Å². The Kier molecular flexibility index (Phi) is 4.66. The first-order valence-electron chi connectivity index (χ1n) is 5.34. The summed E-state index contributed by atoms with van der Waals surface area (Å²) in [5, 5.41) is 12.9. The second-order valence-corrected chi connectivity index (χ2v) is 3.11. The van der Waals surface area contributed by atoms with Crippen molar-refractivity contribution in [2.45, 2.75) is 20.5 Å². The van der Waals surface area contributed by atoms with Gasteiger partial charge >= 0.3 is 0 Å². The Hall–Kier alpha value is -1.68. The molecular weight excluding hydrogens is 202 g/mol. The number of aliphatic hydroxyl groups is 1. The smallest absolute Gasteiger partial charge is 0.0733 e. The average Bonchev–Trinajstić information content (AvgIpc) is 2.79. The van der Waals surface area contributed by atoms with E-state index in [1.807, 2.05) is 39.2 Å². The third kappa shape index (κ3) is 2.90. The molecule has 2 rings (SSSR count). The summed E-state index contributed by atoms with van der Waals surface area (Å²) >= 11 is 0. The van der Waals surface area contributed by atoms with Crippen molar-refractivity contribution in [3.05, 3.63) is 36.3 Å². The van der Waals surface area contributed by atoms with Gasteiger partial charge < -0.3 is 5.11 Å². The number of pyridine rings is 1. The highest BCUT2D eigenvalue weighted by molar-refractivity contribution is 5.56. The van der Waals surface area contributed by atoms with Crippen molar-refractivity contribution in [2.75, 3.05) is 0 Å². The fourth-order valence-corrected chi connectivity index (χ4v) is 1.24. The molecule has 0 amide bonds. The van der Waals surface area contributed by atoms with Gasteiger partial charge in [0.2, 0.25) is 0 Å². The van der Waals surface area contributed by atoms with E-state index in [2.05, 4.69) is 10.1 Å². The van der Waals surface area contributed by atoms with Gasteiger partial charge in [0.15, 0.2) is 0 Å². The quantitative estimate of drug-likeness (QED) is 0.840. The predicted molar refractivity (Wildman–Crippen MR) is 63.7 cm³/mol. The molecule has 0 radical (unpaired) electrons. The molecule has 0 spiro atoms. The van der Waals surface area contributed by atoms with Crippen molar-refractivity contribution < 1.29 is 5.11 Å². The van der Waals surface area contributed by atoms with Gasteiger partial charge in [-0.1, -0.05) is 19.9 Å². The van der Waals surface area contributed by atoms with Crippen LogP contribution in [0.25, 0.3) is 11.3 Å². The molecule has 0 aliphatic heterocycles. The Morgan fingerprint density at radius 1 is 1.25 bits per heavy atom. The van der Waals surface area contributed by atoms with E-state index in [9.17, 15) is 0 Å². The SMILES string of the molecule is CC.Cn1cc(-c2ccc(CO)cn2)cn1. The lowest BCUT2D eigenvalue weighted by Crippen LogP contribution is -1.87. The maximum Gasteiger partial charge on any atom is 0.0733 e. The lowest BCUT2D eigenvalue weighted by molar-refractivity contribution is 0.281. The van der Waals surface area contributed by atoms with Gasteiger partial charge in [-0.3, -0.25) is 9.67 Å². The van der Waals surface area contributed by atoms with Crippen LogP contribution in [0.15, 0.2) is 30.7 Å². The number of nitrogens with zero attached hydrogens (tertiary/aromatic N) is 3. The highest BCUT2D eigenvalue weighted by Crippen LogP contribution is 2.15. The molecule has 2 aromatic rings. The molecule has 0 aromatic carbocycles. The summed E-state index contributed by atoms with van der Waals surface area (Å²) in [4.78, 5) is 4.22. The Bertz CT molecular complexity index is 420. The third-order valence-corrected chi connectivity index (χ3v) is 2.01. The first-order chi connectivity index (χ1) is 7.79. The summed E-state index contributed by atoms with van der Waals surface area (Å²) in [5.74, 6) is 0. The highest BCUT2D eigenvalue weighted by Gasteiger charge is 2.00. The van der Waals surface area contributed by atoms with Crippen LogP contribution in [0.5, 0.6) is 0 Å². The van der Waals surface area contributed by atoms with Gasteiger partial charge in [0.05, 0.1) is 18.5 Å². The second kappa shape index (κ2) is 6.02. The van der Waals surface area contributed by atoms with Crippen LogP contribution in [-0.2, 0) is 13.7 Å². The van der Waals surface area contributed by atoms with Crippen LogP contribution in [0.4, 0.5) is 0 Å². The predicted octanol–water partition coefficient (Wildman–Crippen LogP) is 2.00. The topological polar surface area (TPSA) is 50.9 Å².